The summed E-state index contributed by atoms with van der Waals surface area (Å²) in [5.74, 6) is -0.0432. The third kappa shape index (κ3) is 2.89. The monoisotopic (exact) mass is 267 g/mol. The van der Waals surface area contributed by atoms with Gasteiger partial charge in [-0.2, -0.15) is 0 Å². The molecule has 2 aromatic rings. The van der Waals surface area contributed by atoms with Crippen LogP contribution in [-0.4, -0.2) is 21.1 Å². The maximum atomic E-state index is 10.8. The smallest absolute Gasteiger partial charge is 0.222 e. The summed E-state index contributed by atoms with van der Waals surface area (Å²) in [6.07, 6.45) is 0. The van der Waals surface area contributed by atoms with Crippen LogP contribution in [0.25, 0.3) is 10.2 Å². The van der Waals surface area contributed by atoms with Gasteiger partial charge in [-0.1, -0.05) is 11.3 Å². The molecular formula is C10H9N3O2S2. The molecule has 0 aliphatic rings. The first-order chi connectivity index (χ1) is 8.04. The van der Waals surface area contributed by atoms with Crippen molar-refractivity contribution in [1.29, 1.82) is 0 Å². The van der Waals surface area contributed by atoms with Gasteiger partial charge in [-0.3, -0.25) is 4.79 Å². The Morgan fingerprint density at radius 1 is 1.53 bits per heavy atom. The minimum Gasteiger partial charge on any atom is -0.508 e. The van der Waals surface area contributed by atoms with E-state index >= 15 is 0 Å². The highest BCUT2D eigenvalue weighted by Crippen LogP contribution is 2.28. The standard InChI is InChI=1S/C10H9N3O2S2/c1-5(14)11-9(16)13-10-12-7-3-2-6(15)4-8(7)17-10/h2-4,15H,1H3,(H2,11,12,13,14,16). The Labute approximate surface area is 106 Å². The number of amides is 1. The zero-order chi connectivity index (χ0) is 12.4. The Morgan fingerprint density at radius 3 is 3.00 bits per heavy atom. The summed E-state index contributed by atoms with van der Waals surface area (Å²) >= 11 is 6.26. The van der Waals surface area contributed by atoms with E-state index in [0.717, 1.165) is 10.2 Å². The van der Waals surface area contributed by atoms with Crippen LogP contribution < -0.4 is 10.6 Å². The predicted octanol–water partition coefficient (Wildman–Crippen LogP) is 1.83. The van der Waals surface area contributed by atoms with E-state index in [0.29, 0.717) is 5.13 Å². The second-order valence-electron chi connectivity index (χ2n) is 3.31. The van der Waals surface area contributed by atoms with Gasteiger partial charge in [0.1, 0.15) is 5.75 Å². The molecule has 0 saturated heterocycles. The van der Waals surface area contributed by atoms with Crippen molar-refractivity contribution in [3.05, 3.63) is 18.2 Å². The Balaban J connectivity index is 2.19. The van der Waals surface area contributed by atoms with Gasteiger partial charge in [0.15, 0.2) is 10.2 Å². The van der Waals surface area contributed by atoms with Crippen LogP contribution in [0.5, 0.6) is 5.75 Å². The maximum Gasteiger partial charge on any atom is 0.222 e. The number of thiazole rings is 1. The molecule has 0 spiro atoms. The number of carbonyl (C=O) groups is 1. The van der Waals surface area contributed by atoms with E-state index in [9.17, 15) is 9.90 Å². The molecule has 1 heterocycles. The summed E-state index contributed by atoms with van der Waals surface area (Å²) in [7, 11) is 0. The van der Waals surface area contributed by atoms with Crippen molar-refractivity contribution in [1.82, 2.24) is 10.3 Å². The normalized spacial score (nSPS) is 10.2. The molecule has 0 saturated carbocycles. The van der Waals surface area contributed by atoms with Gasteiger partial charge < -0.3 is 15.7 Å². The molecule has 0 atom stereocenters. The molecule has 0 aliphatic carbocycles. The van der Waals surface area contributed by atoms with Crippen molar-refractivity contribution >= 4 is 49.9 Å². The van der Waals surface area contributed by atoms with Crippen molar-refractivity contribution < 1.29 is 9.90 Å². The number of rotatable bonds is 1. The minimum atomic E-state index is -0.235. The lowest BCUT2D eigenvalue weighted by Crippen LogP contribution is -2.32. The average molecular weight is 267 g/mol. The summed E-state index contributed by atoms with van der Waals surface area (Å²) in [5, 5.41) is 15.4. The lowest BCUT2D eigenvalue weighted by molar-refractivity contribution is -0.117. The molecule has 88 valence electrons. The Hall–Kier alpha value is -1.73. The van der Waals surface area contributed by atoms with Crippen molar-refractivity contribution in [3.8, 4) is 5.75 Å². The van der Waals surface area contributed by atoms with E-state index in [2.05, 4.69) is 15.6 Å². The molecule has 0 bridgehead atoms. The van der Waals surface area contributed by atoms with Crippen LogP contribution in [0.1, 0.15) is 6.92 Å². The van der Waals surface area contributed by atoms with Gasteiger partial charge in [0.2, 0.25) is 5.91 Å². The zero-order valence-corrected chi connectivity index (χ0v) is 10.5. The lowest BCUT2D eigenvalue weighted by atomic mass is 10.3. The van der Waals surface area contributed by atoms with E-state index in [4.69, 9.17) is 12.2 Å². The van der Waals surface area contributed by atoms with Crippen molar-refractivity contribution in [2.75, 3.05) is 5.32 Å². The number of aromatic hydroxyl groups is 1. The number of hydrogen-bond donors (Lipinski definition) is 3. The SMILES string of the molecule is CC(=O)NC(=S)Nc1nc2ccc(O)cc2s1. The highest BCUT2D eigenvalue weighted by molar-refractivity contribution is 7.80. The number of benzene rings is 1. The molecule has 3 N–H and O–H groups in total. The van der Waals surface area contributed by atoms with Gasteiger partial charge in [-0.15, -0.1) is 0 Å². The van der Waals surface area contributed by atoms with Crippen LogP contribution in [0.4, 0.5) is 5.13 Å². The number of thiocarbonyl (C=S) groups is 1. The largest absolute Gasteiger partial charge is 0.508 e. The number of aromatic nitrogens is 1. The van der Waals surface area contributed by atoms with Crippen molar-refractivity contribution in [2.24, 2.45) is 0 Å². The number of phenols is 1. The van der Waals surface area contributed by atoms with Crippen molar-refractivity contribution in [3.63, 3.8) is 0 Å². The maximum absolute atomic E-state index is 10.8. The third-order valence-corrected chi connectivity index (χ3v) is 3.02. The van der Waals surface area contributed by atoms with Gasteiger partial charge in [0.05, 0.1) is 10.2 Å². The third-order valence-electron chi connectivity index (χ3n) is 1.88. The molecule has 1 aromatic carbocycles. The summed E-state index contributed by atoms with van der Waals surface area (Å²) in [6.45, 7) is 1.38. The quantitative estimate of drug-likeness (QED) is 0.687. The van der Waals surface area contributed by atoms with E-state index in [1.165, 1.54) is 18.3 Å². The number of fused-ring (bicyclic) bond motifs is 1. The van der Waals surface area contributed by atoms with E-state index < -0.39 is 0 Å². The fourth-order valence-electron chi connectivity index (χ4n) is 1.26. The second kappa shape index (κ2) is 4.64. The fraction of sp³-hybridized carbons (Fsp3) is 0.100. The first-order valence-corrected chi connectivity index (χ1v) is 5.95. The van der Waals surface area contributed by atoms with Crippen LogP contribution >= 0.6 is 23.6 Å². The molecule has 0 unspecified atom stereocenters. The highest BCUT2D eigenvalue weighted by atomic mass is 32.1. The number of hydrogen-bond acceptors (Lipinski definition) is 5. The predicted molar refractivity (Wildman–Crippen MR) is 71.3 cm³/mol. The molecule has 0 aliphatic heterocycles. The van der Waals surface area contributed by atoms with Gasteiger partial charge >= 0.3 is 0 Å². The van der Waals surface area contributed by atoms with Crippen LogP contribution in [-0.2, 0) is 4.79 Å². The summed E-state index contributed by atoms with van der Waals surface area (Å²) in [5.41, 5.74) is 0.765. The van der Waals surface area contributed by atoms with Crippen LogP contribution in [0.2, 0.25) is 0 Å². The minimum absolute atomic E-state index is 0.192. The average Bonchev–Trinajstić information content (AvgIpc) is 2.57. The molecule has 7 heteroatoms. The molecule has 0 fully saturated rings. The van der Waals surface area contributed by atoms with Crippen LogP contribution in [0.15, 0.2) is 18.2 Å². The Bertz CT molecular complexity index is 594. The molecular weight excluding hydrogens is 258 g/mol. The van der Waals surface area contributed by atoms with Crippen LogP contribution in [0.3, 0.4) is 0 Å². The lowest BCUT2D eigenvalue weighted by Gasteiger charge is -2.03. The van der Waals surface area contributed by atoms with E-state index in [1.807, 2.05) is 0 Å². The first kappa shape index (κ1) is 11.7. The van der Waals surface area contributed by atoms with E-state index in [-0.39, 0.29) is 16.8 Å². The first-order valence-electron chi connectivity index (χ1n) is 4.73. The molecule has 0 radical (unpaired) electrons. The molecule has 17 heavy (non-hydrogen) atoms. The topological polar surface area (TPSA) is 74.2 Å². The number of nitrogens with one attached hydrogen (secondary N) is 2. The molecule has 2 rings (SSSR count). The Morgan fingerprint density at radius 2 is 2.29 bits per heavy atom. The summed E-state index contributed by atoms with van der Waals surface area (Å²) in [4.78, 5) is 15.0. The number of phenolic OH excluding ortho intramolecular Hbond substituents is 1. The van der Waals surface area contributed by atoms with E-state index in [1.54, 1.807) is 18.2 Å². The summed E-state index contributed by atoms with van der Waals surface area (Å²) < 4.78 is 0.845. The Kier molecular flexibility index (Phi) is 3.21. The molecule has 1 aromatic heterocycles. The fourth-order valence-corrected chi connectivity index (χ4v) is 2.46. The van der Waals surface area contributed by atoms with Gasteiger partial charge in [0.25, 0.3) is 0 Å². The second-order valence-corrected chi connectivity index (χ2v) is 4.75. The molecule has 1 amide bonds. The van der Waals surface area contributed by atoms with Gasteiger partial charge in [-0.25, -0.2) is 4.98 Å². The van der Waals surface area contributed by atoms with Crippen LogP contribution in [0, 0.1) is 0 Å². The van der Waals surface area contributed by atoms with Gasteiger partial charge in [0, 0.05) is 6.92 Å². The number of nitrogens with zero attached hydrogens (tertiary/aromatic N) is 1. The molecule has 5 nitrogen and oxygen atoms in total. The number of carbonyl (C=O) groups excluding carboxylic acids is 1. The highest BCUT2D eigenvalue weighted by Gasteiger charge is 2.06. The van der Waals surface area contributed by atoms with Crippen molar-refractivity contribution in [2.45, 2.75) is 6.92 Å². The summed E-state index contributed by atoms with van der Waals surface area (Å²) in [6, 6.07) is 4.91. The van der Waals surface area contributed by atoms with Gasteiger partial charge in [-0.05, 0) is 30.4 Å². The number of anilines is 1. The zero-order valence-electron chi connectivity index (χ0n) is 8.85.